The zero-order valence-electron chi connectivity index (χ0n) is 10.4. The molecule has 1 N–H and O–H groups in total. The van der Waals surface area contributed by atoms with E-state index in [1.807, 2.05) is 6.07 Å². The van der Waals surface area contributed by atoms with Crippen LogP contribution < -0.4 is 5.32 Å². The molecule has 3 atom stereocenters. The van der Waals surface area contributed by atoms with Gasteiger partial charge in [0.25, 0.3) is 0 Å². The third-order valence-corrected chi connectivity index (χ3v) is 5.94. The van der Waals surface area contributed by atoms with Crippen molar-refractivity contribution in [3.8, 4) is 0 Å². The van der Waals surface area contributed by atoms with Gasteiger partial charge in [-0.2, -0.15) is 11.8 Å². The average Bonchev–Trinajstić information content (AvgIpc) is 2.88. The maximum Gasteiger partial charge on any atom is 0.0931 e. The van der Waals surface area contributed by atoms with Crippen molar-refractivity contribution in [2.75, 3.05) is 5.75 Å². The number of halogens is 1. The van der Waals surface area contributed by atoms with E-state index in [4.69, 9.17) is 11.6 Å². The molecule has 0 spiro atoms. The molecule has 1 fully saturated rings. The second-order valence-corrected chi connectivity index (χ2v) is 7.94. The SMILES string of the molecule is CCSC1CCC(NC(C)c2ccc(Cl)s2)C1. The van der Waals surface area contributed by atoms with Crippen molar-refractivity contribution in [2.45, 2.75) is 50.4 Å². The molecule has 0 amide bonds. The Morgan fingerprint density at radius 2 is 2.35 bits per heavy atom. The number of hydrogen-bond acceptors (Lipinski definition) is 3. The molecule has 3 unspecified atom stereocenters. The van der Waals surface area contributed by atoms with Crippen molar-refractivity contribution in [1.29, 1.82) is 0 Å². The summed E-state index contributed by atoms with van der Waals surface area (Å²) in [7, 11) is 0. The third-order valence-electron chi connectivity index (χ3n) is 3.29. The van der Waals surface area contributed by atoms with Crippen LogP contribution in [-0.4, -0.2) is 17.0 Å². The third kappa shape index (κ3) is 3.88. The first-order valence-electron chi connectivity index (χ1n) is 6.32. The van der Waals surface area contributed by atoms with Crippen LogP contribution in [0.5, 0.6) is 0 Å². The number of rotatable bonds is 5. The van der Waals surface area contributed by atoms with Gasteiger partial charge in [0.05, 0.1) is 4.34 Å². The molecule has 1 nitrogen and oxygen atoms in total. The highest BCUT2D eigenvalue weighted by Crippen LogP contribution is 2.32. The van der Waals surface area contributed by atoms with Crippen LogP contribution in [0.3, 0.4) is 0 Å². The predicted octanol–water partition coefficient (Wildman–Crippen LogP) is 4.73. The number of thiophene rings is 1. The number of nitrogens with one attached hydrogen (secondary N) is 1. The van der Waals surface area contributed by atoms with Gasteiger partial charge in [0.2, 0.25) is 0 Å². The molecule has 0 aromatic carbocycles. The van der Waals surface area contributed by atoms with Gasteiger partial charge in [0.15, 0.2) is 0 Å². The van der Waals surface area contributed by atoms with Crippen LogP contribution >= 0.6 is 34.7 Å². The van der Waals surface area contributed by atoms with E-state index in [9.17, 15) is 0 Å². The summed E-state index contributed by atoms with van der Waals surface area (Å²) in [4.78, 5) is 1.35. The van der Waals surface area contributed by atoms with Gasteiger partial charge in [-0.05, 0) is 44.1 Å². The molecule has 0 radical (unpaired) electrons. The normalized spacial score (nSPS) is 26.3. The van der Waals surface area contributed by atoms with E-state index in [0.29, 0.717) is 12.1 Å². The maximum absolute atomic E-state index is 5.97. The first-order valence-corrected chi connectivity index (χ1v) is 8.56. The molecule has 0 bridgehead atoms. The number of hydrogen-bond donors (Lipinski definition) is 1. The standard InChI is InChI=1S/C13H20ClNS2/c1-3-16-11-5-4-10(8-11)15-9(2)12-6-7-13(14)17-12/h6-7,9-11,15H,3-5,8H2,1-2H3. The summed E-state index contributed by atoms with van der Waals surface area (Å²) in [5.41, 5.74) is 0. The summed E-state index contributed by atoms with van der Waals surface area (Å²) in [6, 6.07) is 5.25. The highest BCUT2D eigenvalue weighted by molar-refractivity contribution is 7.99. The Kier molecular flexibility index (Phi) is 5.22. The lowest BCUT2D eigenvalue weighted by Gasteiger charge is -2.18. The average molecular weight is 290 g/mol. The van der Waals surface area contributed by atoms with Crippen molar-refractivity contribution >= 4 is 34.7 Å². The van der Waals surface area contributed by atoms with Crippen molar-refractivity contribution in [1.82, 2.24) is 5.32 Å². The largest absolute Gasteiger partial charge is 0.307 e. The van der Waals surface area contributed by atoms with Crippen molar-refractivity contribution < 1.29 is 0 Å². The molecule has 96 valence electrons. The minimum atomic E-state index is 0.433. The van der Waals surface area contributed by atoms with Gasteiger partial charge >= 0.3 is 0 Å². The van der Waals surface area contributed by atoms with Crippen LogP contribution in [-0.2, 0) is 0 Å². The fraction of sp³-hybridized carbons (Fsp3) is 0.692. The molecule has 1 aliphatic carbocycles. The first kappa shape index (κ1) is 13.7. The van der Waals surface area contributed by atoms with Gasteiger partial charge in [-0.1, -0.05) is 18.5 Å². The molecular weight excluding hydrogens is 270 g/mol. The molecule has 17 heavy (non-hydrogen) atoms. The number of thioether (sulfide) groups is 1. The second-order valence-electron chi connectivity index (χ2n) is 4.62. The Morgan fingerprint density at radius 1 is 1.53 bits per heavy atom. The molecular formula is C13H20ClNS2. The van der Waals surface area contributed by atoms with E-state index < -0.39 is 0 Å². The molecule has 0 aliphatic heterocycles. The quantitative estimate of drug-likeness (QED) is 0.841. The van der Waals surface area contributed by atoms with Gasteiger partial charge in [-0.25, -0.2) is 0 Å². The molecule has 1 aromatic heterocycles. The maximum atomic E-state index is 5.97. The molecule has 1 saturated carbocycles. The summed E-state index contributed by atoms with van der Waals surface area (Å²) in [5, 5.41) is 4.61. The minimum absolute atomic E-state index is 0.433. The molecule has 4 heteroatoms. The zero-order chi connectivity index (χ0) is 12.3. The van der Waals surface area contributed by atoms with E-state index in [1.54, 1.807) is 11.3 Å². The van der Waals surface area contributed by atoms with Crippen LogP contribution in [0.4, 0.5) is 0 Å². The fourth-order valence-corrected chi connectivity index (χ4v) is 4.69. The molecule has 1 heterocycles. The second kappa shape index (κ2) is 6.46. The monoisotopic (exact) mass is 289 g/mol. The molecule has 1 aliphatic rings. The van der Waals surface area contributed by atoms with Crippen molar-refractivity contribution in [2.24, 2.45) is 0 Å². The van der Waals surface area contributed by atoms with E-state index in [0.717, 1.165) is 9.59 Å². The highest BCUT2D eigenvalue weighted by Gasteiger charge is 2.25. The Labute approximate surface area is 117 Å². The summed E-state index contributed by atoms with van der Waals surface area (Å²) < 4.78 is 0.888. The van der Waals surface area contributed by atoms with Crippen LogP contribution in [0, 0.1) is 0 Å². The van der Waals surface area contributed by atoms with E-state index >= 15 is 0 Å². The van der Waals surface area contributed by atoms with Gasteiger partial charge in [-0.3, -0.25) is 0 Å². The predicted molar refractivity (Wildman–Crippen MR) is 80.4 cm³/mol. The lowest BCUT2D eigenvalue weighted by atomic mass is 10.2. The Hall–Kier alpha value is 0.300. The van der Waals surface area contributed by atoms with Gasteiger partial charge in [0, 0.05) is 22.2 Å². The summed E-state index contributed by atoms with van der Waals surface area (Å²) >= 11 is 9.77. The van der Waals surface area contributed by atoms with Crippen molar-refractivity contribution in [3.63, 3.8) is 0 Å². The van der Waals surface area contributed by atoms with E-state index in [1.165, 1.54) is 29.9 Å². The topological polar surface area (TPSA) is 12.0 Å². The van der Waals surface area contributed by atoms with E-state index in [2.05, 4.69) is 37.0 Å². The van der Waals surface area contributed by atoms with Crippen LogP contribution in [0.15, 0.2) is 12.1 Å². The van der Waals surface area contributed by atoms with Gasteiger partial charge in [0.1, 0.15) is 0 Å². The van der Waals surface area contributed by atoms with Gasteiger partial charge in [-0.15, -0.1) is 11.3 Å². The van der Waals surface area contributed by atoms with Crippen molar-refractivity contribution in [3.05, 3.63) is 21.3 Å². The smallest absolute Gasteiger partial charge is 0.0931 e. The summed E-state index contributed by atoms with van der Waals surface area (Å²) in [6.45, 7) is 4.49. The van der Waals surface area contributed by atoms with Crippen LogP contribution in [0.1, 0.15) is 44.0 Å². The van der Waals surface area contributed by atoms with Crippen LogP contribution in [0.25, 0.3) is 0 Å². The Bertz CT molecular complexity index is 353. The summed E-state index contributed by atoms with van der Waals surface area (Å²) in [5.74, 6) is 1.24. The van der Waals surface area contributed by atoms with E-state index in [-0.39, 0.29) is 0 Å². The lowest BCUT2D eigenvalue weighted by Crippen LogP contribution is -2.29. The highest BCUT2D eigenvalue weighted by atomic mass is 35.5. The lowest BCUT2D eigenvalue weighted by molar-refractivity contribution is 0.466. The summed E-state index contributed by atoms with van der Waals surface area (Å²) in [6.07, 6.45) is 4.01. The zero-order valence-corrected chi connectivity index (χ0v) is 12.8. The minimum Gasteiger partial charge on any atom is -0.307 e. The first-order chi connectivity index (χ1) is 8.19. The molecule has 1 aromatic rings. The Morgan fingerprint density at radius 3 is 3.00 bits per heavy atom. The fourth-order valence-electron chi connectivity index (χ4n) is 2.48. The van der Waals surface area contributed by atoms with Crippen LogP contribution in [0.2, 0.25) is 4.34 Å². The molecule has 0 saturated heterocycles. The Balaban J connectivity index is 1.82. The van der Waals surface area contributed by atoms with Gasteiger partial charge < -0.3 is 5.32 Å². The molecule has 2 rings (SSSR count).